The number of aromatic carboxylic acids is 1. The molecule has 0 heterocycles. The first-order chi connectivity index (χ1) is 16.4. The normalized spacial score (nSPS) is 12.9. The van der Waals surface area contributed by atoms with Crippen molar-refractivity contribution in [1.82, 2.24) is 5.32 Å². The van der Waals surface area contributed by atoms with Gasteiger partial charge in [-0.25, -0.2) is 9.59 Å². The molecule has 0 bridgehead atoms. The lowest BCUT2D eigenvalue weighted by Crippen LogP contribution is -2.44. The average molecular weight is 479 g/mol. The first-order valence-electron chi connectivity index (χ1n) is 10.8. The predicted octanol–water partition coefficient (Wildman–Crippen LogP) is 5.29. The molecule has 1 aliphatic carbocycles. The summed E-state index contributed by atoms with van der Waals surface area (Å²) in [6, 6.07) is 19.2. The first-order valence-corrected chi connectivity index (χ1v) is 11.2. The number of anilines is 1. The maximum absolute atomic E-state index is 12.7. The monoisotopic (exact) mass is 478 g/mol. The highest BCUT2D eigenvalue weighted by Crippen LogP contribution is 2.44. The van der Waals surface area contributed by atoms with Crippen molar-refractivity contribution in [2.45, 2.75) is 25.3 Å². The van der Waals surface area contributed by atoms with Gasteiger partial charge in [-0.2, -0.15) is 0 Å². The van der Waals surface area contributed by atoms with Crippen molar-refractivity contribution >= 4 is 35.3 Å². The van der Waals surface area contributed by atoms with E-state index in [1.54, 1.807) is 6.92 Å². The molecule has 7 nitrogen and oxygen atoms in total. The Morgan fingerprint density at radius 2 is 1.62 bits per heavy atom. The lowest BCUT2D eigenvalue weighted by Gasteiger charge is -2.19. The topological polar surface area (TPSA) is 105 Å². The molecule has 0 aromatic heterocycles. The third kappa shape index (κ3) is 4.75. The zero-order valence-electron chi connectivity index (χ0n) is 18.4. The minimum absolute atomic E-state index is 0.0923. The van der Waals surface area contributed by atoms with Gasteiger partial charge in [0.2, 0.25) is 5.91 Å². The van der Waals surface area contributed by atoms with E-state index in [0.29, 0.717) is 0 Å². The highest BCUT2D eigenvalue weighted by molar-refractivity contribution is 6.31. The molecule has 0 fully saturated rings. The minimum atomic E-state index is -1.23. The second-order valence-electron chi connectivity index (χ2n) is 7.92. The number of hydrogen-bond acceptors (Lipinski definition) is 4. The lowest BCUT2D eigenvalue weighted by molar-refractivity contribution is -0.118. The molecule has 174 valence electrons. The molecule has 2 amide bonds. The van der Waals surface area contributed by atoms with Crippen LogP contribution in [0.4, 0.5) is 10.5 Å². The fraction of sp³-hybridized carbons (Fsp3) is 0.192. The van der Waals surface area contributed by atoms with E-state index in [9.17, 15) is 19.5 Å². The van der Waals surface area contributed by atoms with Crippen molar-refractivity contribution in [3.8, 4) is 11.1 Å². The van der Waals surface area contributed by atoms with Crippen LogP contribution in [0.5, 0.6) is 0 Å². The highest BCUT2D eigenvalue weighted by atomic mass is 35.5. The quantitative estimate of drug-likeness (QED) is 0.427. The summed E-state index contributed by atoms with van der Waals surface area (Å²) in [5, 5.41) is 14.7. The van der Waals surface area contributed by atoms with E-state index in [0.717, 1.165) is 22.3 Å². The number of amides is 2. The largest absolute Gasteiger partial charge is 0.478 e. The van der Waals surface area contributed by atoms with Crippen molar-refractivity contribution in [2.24, 2.45) is 0 Å². The van der Waals surface area contributed by atoms with Crippen molar-refractivity contribution in [3.63, 3.8) is 0 Å². The van der Waals surface area contributed by atoms with Crippen molar-refractivity contribution in [3.05, 3.63) is 88.4 Å². The number of benzene rings is 3. The SMILES string of the molecule is CC[C@@H](NC(=O)OCC1c2ccccc2-c2ccccc21)C(=O)Nc1ccc(Cl)cc1C(=O)O. The molecule has 8 heteroatoms. The van der Waals surface area contributed by atoms with Gasteiger partial charge in [-0.15, -0.1) is 0 Å². The van der Waals surface area contributed by atoms with Gasteiger partial charge in [0.05, 0.1) is 11.3 Å². The first kappa shape index (κ1) is 23.3. The second-order valence-corrected chi connectivity index (χ2v) is 8.35. The van der Waals surface area contributed by atoms with E-state index in [1.165, 1.54) is 18.2 Å². The molecule has 0 spiro atoms. The van der Waals surface area contributed by atoms with Gasteiger partial charge in [0, 0.05) is 10.9 Å². The molecular formula is C26H23ClN2O5. The van der Waals surface area contributed by atoms with Gasteiger partial charge in [-0.05, 0) is 46.9 Å². The minimum Gasteiger partial charge on any atom is -0.478 e. The Kier molecular flexibility index (Phi) is 6.84. The molecule has 1 aliphatic rings. The number of halogens is 1. The Hall–Kier alpha value is -3.84. The van der Waals surface area contributed by atoms with Crippen LogP contribution >= 0.6 is 11.6 Å². The van der Waals surface area contributed by atoms with Crippen LogP contribution in [0.15, 0.2) is 66.7 Å². The van der Waals surface area contributed by atoms with E-state index in [-0.39, 0.29) is 35.2 Å². The molecule has 3 N–H and O–H groups in total. The number of carboxylic acids is 1. The molecule has 0 saturated carbocycles. The van der Waals surface area contributed by atoms with Gasteiger partial charge >= 0.3 is 12.1 Å². The molecular weight excluding hydrogens is 456 g/mol. The van der Waals surface area contributed by atoms with Crippen LogP contribution < -0.4 is 10.6 Å². The molecule has 3 aromatic carbocycles. The third-order valence-electron chi connectivity index (χ3n) is 5.83. The second kappa shape index (κ2) is 9.97. The van der Waals surface area contributed by atoms with Crippen LogP contribution in [0, 0.1) is 0 Å². The van der Waals surface area contributed by atoms with Crippen LogP contribution in [0.25, 0.3) is 11.1 Å². The Morgan fingerprint density at radius 1 is 1.00 bits per heavy atom. The Balaban J connectivity index is 1.41. The number of carboxylic acid groups (broad SMARTS) is 1. The molecule has 0 radical (unpaired) electrons. The van der Waals surface area contributed by atoms with Crippen LogP contribution in [0.2, 0.25) is 5.02 Å². The zero-order chi connectivity index (χ0) is 24.2. The third-order valence-corrected chi connectivity index (χ3v) is 6.07. The van der Waals surface area contributed by atoms with Gasteiger partial charge in [-0.3, -0.25) is 4.79 Å². The molecule has 1 atom stereocenters. The number of hydrogen-bond donors (Lipinski definition) is 3. The van der Waals surface area contributed by atoms with Gasteiger partial charge in [-0.1, -0.05) is 67.1 Å². The van der Waals surface area contributed by atoms with Gasteiger partial charge in [0.1, 0.15) is 12.6 Å². The summed E-state index contributed by atoms with van der Waals surface area (Å²) >= 11 is 5.86. The summed E-state index contributed by atoms with van der Waals surface area (Å²) in [6.45, 7) is 1.85. The number of alkyl carbamates (subject to hydrolysis) is 1. The summed E-state index contributed by atoms with van der Waals surface area (Å²) in [6.07, 6.45) is -0.440. The zero-order valence-corrected chi connectivity index (χ0v) is 19.1. The molecule has 0 aliphatic heterocycles. The molecule has 0 saturated heterocycles. The smallest absolute Gasteiger partial charge is 0.407 e. The van der Waals surface area contributed by atoms with E-state index in [2.05, 4.69) is 10.6 Å². The number of fused-ring (bicyclic) bond motifs is 3. The molecule has 3 aromatic rings. The Morgan fingerprint density at radius 3 is 2.21 bits per heavy atom. The molecule has 4 rings (SSSR count). The summed E-state index contributed by atoms with van der Waals surface area (Å²) in [5.74, 6) is -1.88. The average Bonchev–Trinajstić information content (AvgIpc) is 3.15. The fourth-order valence-corrected chi connectivity index (χ4v) is 4.33. The number of carbonyl (C=O) groups excluding carboxylic acids is 2. The van der Waals surface area contributed by atoms with Crippen LogP contribution in [-0.2, 0) is 9.53 Å². The predicted molar refractivity (Wildman–Crippen MR) is 129 cm³/mol. The Labute approximate surface area is 201 Å². The van der Waals surface area contributed by atoms with E-state index >= 15 is 0 Å². The number of carbonyl (C=O) groups is 3. The Bertz CT molecular complexity index is 1210. The summed E-state index contributed by atoms with van der Waals surface area (Å²) in [4.78, 5) is 36.7. The van der Waals surface area contributed by atoms with Crippen molar-refractivity contribution in [2.75, 3.05) is 11.9 Å². The van der Waals surface area contributed by atoms with Crippen LogP contribution in [0.3, 0.4) is 0 Å². The number of nitrogens with one attached hydrogen (secondary N) is 2. The number of ether oxygens (including phenoxy) is 1. The lowest BCUT2D eigenvalue weighted by atomic mass is 9.98. The molecule has 0 unspecified atom stereocenters. The highest BCUT2D eigenvalue weighted by Gasteiger charge is 2.29. The van der Waals surface area contributed by atoms with Gasteiger partial charge in [0.25, 0.3) is 0 Å². The molecule has 34 heavy (non-hydrogen) atoms. The van der Waals surface area contributed by atoms with Crippen LogP contribution in [0.1, 0.15) is 40.7 Å². The maximum atomic E-state index is 12.7. The van der Waals surface area contributed by atoms with Gasteiger partial charge < -0.3 is 20.5 Å². The van der Waals surface area contributed by atoms with Gasteiger partial charge in [0.15, 0.2) is 0 Å². The summed E-state index contributed by atoms with van der Waals surface area (Å²) in [7, 11) is 0. The summed E-state index contributed by atoms with van der Waals surface area (Å²) in [5.41, 5.74) is 4.37. The van der Waals surface area contributed by atoms with Crippen LogP contribution in [-0.4, -0.2) is 35.7 Å². The summed E-state index contributed by atoms with van der Waals surface area (Å²) < 4.78 is 5.51. The fourth-order valence-electron chi connectivity index (χ4n) is 4.16. The van der Waals surface area contributed by atoms with E-state index < -0.39 is 24.0 Å². The standard InChI is InChI=1S/C26H23ClN2O5/c1-2-22(24(30)28-23-12-11-15(27)13-20(23)25(31)32)29-26(33)34-14-21-18-9-5-3-7-16(18)17-8-4-6-10-19(17)21/h3-13,21-22H,2,14H2,1H3,(H,28,30)(H,29,33)(H,31,32)/t22-/m1/s1. The van der Waals surface area contributed by atoms with Crippen molar-refractivity contribution < 1.29 is 24.2 Å². The van der Waals surface area contributed by atoms with Crippen molar-refractivity contribution in [1.29, 1.82) is 0 Å². The van der Waals surface area contributed by atoms with E-state index in [4.69, 9.17) is 16.3 Å². The van der Waals surface area contributed by atoms with E-state index in [1.807, 2.05) is 48.5 Å². The maximum Gasteiger partial charge on any atom is 0.407 e. The number of rotatable bonds is 7.